The lowest BCUT2D eigenvalue weighted by atomic mass is 9.95. The second-order valence-corrected chi connectivity index (χ2v) is 7.28. The van der Waals surface area contributed by atoms with E-state index in [2.05, 4.69) is 9.97 Å². The Kier molecular flexibility index (Phi) is 5.13. The van der Waals surface area contributed by atoms with Crippen LogP contribution in [-0.4, -0.2) is 27.8 Å². The molecule has 2 rings (SSSR count). The maximum Gasteiger partial charge on any atom is 0.264 e. The summed E-state index contributed by atoms with van der Waals surface area (Å²) in [5, 5.41) is 0.587. The van der Waals surface area contributed by atoms with Gasteiger partial charge in [0.2, 0.25) is 0 Å². The van der Waals surface area contributed by atoms with Crippen LogP contribution in [0.5, 0.6) is 0 Å². The Morgan fingerprint density at radius 1 is 1.29 bits per heavy atom. The molecule has 0 spiro atoms. The highest BCUT2D eigenvalue weighted by Gasteiger charge is 2.24. The smallest absolute Gasteiger partial charge is 0.264 e. The van der Waals surface area contributed by atoms with Gasteiger partial charge >= 0.3 is 0 Å². The number of hydrogen-bond donors (Lipinski definition) is 1. The van der Waals surface area contributed by atoms with Crippen molar-refractivity contribution in [1.29, 1.82) is 0 Å². The second kappa shape index (κ2) is 6.77. The highest BCUT2D eigenvalue weighted by atomic mass is 35.5. The minimum absolute atomic E-state index is 0.0672. The average molecular weight is 348 g/mol. The van der Waals surface area contributed by atoms with Gasteiger partial charge in [-0.1, -0.05) is 50.6 Å². The molecule has 1 N–H and O–H groups in total. The van der Waals surface area contributed by atoms with Gasteiger partial charge in [-0.15, -0.1) is 0 Å². The molecular weight excluding hydrogens is 326 g/mol. The quantitative estimate of drug-likeness (QED) is 0.926. The van der Waals surface area contributed by atoms with E-state index in [-0.39, 0.29) is 16.9 Å². The van der Waals surface area contributed by atoms with Gasteiger partial charge in [-0.3, -0.25) is 9.59 Å². The summed E-state index contributed by atoms with van der Waals surface area (Å²) in [6.45, 7) is 7.86. The summed E-state index contributed by atoms with van der Waals surface area (Å²) < 4.78 is 0. The Hall–Kier alpha value is -2.14. The standard InChI is InChI=1S/C18H22ClN3O2/c1-11-14(15(23)21-17(20-11)18(2,3)4)16(24)22(5)10-12-8-6-7-9-13(12)19/h6-9H,10H2,1-5H3,(H,20,21,23). The largest absolute Gasteiger partial charge is 0.337 e. The van der Waals surface area contributed by atoms with E-state index >= 15 is 0 Å². The number of carbonyl (C=O) groups excluding carboxylic acids is 1. The van der Waals surface area contributed by atoms with E-state index in [0.717, 1.165) is 5.56 Å². The van der Waals surface area contributed by atoms with Crippen molar-refractivity contribution in [2.24, 2.45) is 0 Å². The summed E-state index contributed by atoms with van der Waals surface area (Å²) in [5.74, 6) is 0.192. The Bertz CT molecular complexity index is 822. The molecule has 0 fully saturated rings. The van der Waals surface area contributed by atoms with E-state index < -0.39 is 5.56 Å². The first-order valence-electron chi connectivity index (χ1n) is 7.71. The lowest BCUT2D eigenvalue weighted by Gasteiger charge is -2.21. The number of hydrogen-bond acceptors (Lipinski definition) is 3. The minimum atomic E-state index is -0.413. The maximum absolute atomic E-state index is 12.7. The van der Waals surface area contributed by atoms with Crippen molar-refractivity contribution in [3.63, 3.8) is 0 Å². The monoisotopic (exact) mass is 347 g/mol. The van der Waals surface area contributed by atoms with E-state index in [1.165, 1.54) is 4.90 Å². The van der Waals surface area contributed by atoms with Crippen LogP contribution >= 0.6 is 11.6 Å². The number of halogens is 1. The van der Waals surface area contributed by atoms with Crippen molar-refractivity contribution in [1.82, 2.24) is 14.9 Å². The molecule has 0 radical (unpaired) electrons. The molecule has 5 nitrogen and oxygen atoms in total. The van der Waals surface area contributed by atoms with E-state index in [9.17, 15) is 9.59 Å². The summed E-state index contributed by atoms with van der Waals surface area (Å²) in [4.78, 5) is 33.7. The third-order valence-corrected chi connectivity index (χ3v) is 4.11. The predicted molar refractivity (Wildman–Crippen MR) is 95.5 cm³/mol. The van der Waals surface area contributed by atoms with Gasteiger partial charge in [-0.05, 0) is 18.6 Å². The molecule has 0 atom stereocenters. The van der Waals surface area contributed by atoms with Gasteiger partial charge in [-0.25, -0.2) is 4.98 Å². The molecule has 0 saturated heterocycles. The van der Waals surface area contributed by atoms with Crippen molar-refractivity contribution in [2.45, 2.75) is 39.7 Å². The van der Waals surface area contributed by atoms with Crippen molar-refractivity contribution in [3.05, 3.63) is 62.3 Å². The van der Waals surface area contributed by atoms with Crippen LogP contribution in [0.4, 0.5) is 0 Å². The van der Waals surface area contributed by atoms with Gasteiger partial charge in [0, 0.05) is 24.0 Å². The molecule has 0 aliphatic rings. The highest BCUT2D eigenvalue weighted by Crippen LogP contribution is 2.19. The first-order chi connectivity index (χ1) is 11.1. The molecule has 1 aromatic heterocycles. The Morgan fingerprint density at radius 3 is 2.46 bits per heavy atom. The Labute approximate surface area is 146 Å². The lowest BCUT2D eigenvalue weighted by Crippen LogP contribution is -2.34. The molecule has 2 aromatic rings. The molecule has 0 aliphatic heterocycles. The minimum Gasteiger partial charge on any atom is -0.337 e. The molecule has 0 unspecified atom stereocenters. The fraction of sp³-hybridized carbons (Fsp3) is 0.389. The molecule has 128 valence electrons. The number of benzene rings is 1. The number of H-pyrrole nitrogens is 1. The molecule has 0 aliphatic carbocycles. The number of rotatable bonds is 3. The maximum atomic E-state index is 12.7. The molecule has 6 heteroatoms. The number of aryl methyl sites for hydroxylation is 1. The normalized spacial score (nSPS) is 11.4. The number of aromatic amines is 1. The third-order valence-electron chi connectivity index (χ3n) is 3.74. The zero-order valence-corrected chi connectivity index (χ0v) is 15.4. The zero-order chi connectivity index (χ0) is 18.1. The molecule has 1 aromatic carbocycles. The number of aromatic nitrogens is 2. The van der Waals surface area contributed by atoms with Crippen LogP contribution in [0.3, 0.4) is 0 Å². The average Bonchev–Trinajstić information content (AvgIpc) is 2.47. The molecule has 1 amide bonds. The molecule has 0 bridgehead atoms. The van der Waals surface area contributed by atoms with Crippen molar-refractivity contribution in [2.75, 3.05) is 7.05 Å². The molecule has 0 saturated carbocycles. The van der Waals surface area contributed by atoms with Crippen LogP contribution in [0.15, 0.2) is 29.1 Å². The fourth-order valence-electron chi connectivity index (χ4n) is 2.34. The Morgan fingerprint density at radius 2 is 1.92 bits per heavy atom. The van der Waals surface area contributed by atoms with Crippen molar-refractivity contribution in [3.8, 4) is 0 Å². The van der Waals surface area contributed by atoms with E-state index in [4.69, 9.17) is 11.6 Å². The van der Waals surface area contributed by atoms with Crippen LogP contribution in [0, 0.1) is 6.92 Å². The molecule has 24 heavy (non-hydrogen) atoms. The molecule has 1 heterocycles. The first-order valence-corrected chi connectivity index (χ1v) is 8.09. The zero-order valence-electron chi connectivity index (χ0n) is 14.6. The number of nitrogens with zero attached hydrogens (tertiary/aromatic N) is 2. The van der Waals surface area contributed by atoms with Crippen LogP contribution in [0.2, 0.25) is 5.02 Å². The van der Waals surface area contributed by atoms with Crippen LogP contribution in [-0.2, 0) is 12.0 Å². The Balaban J connectivity index is 2.33. The summed E-state index contributed by atoms with van der Waals surface area (Å²) in [6, 6.07) is 7.31. The summed E-state index contributed by atoms with van der Waals surface area (Å²) >= 11 is 6.13. The predicted octanol–water partition coefficient (Wildman–Crippen LogP) is 3.30. The number of nitrogens with one attached hydrogen (secondary N) is 1. The van der Waals surface area contributed by atoms with Gasteiger partial charge in [0.25, 0.3) is 11.5 Å². The van der Waals surface area contributed by atoms with Crippen LogP contribution < -0.4 is 5.56 Å². The van der Waals surface area contributed by atoms with E-state index in [1.807, 2.05) is 39.0 Å². The third kappa shape index (κ3) is 3.85. The van der Waals surface area contributed by atoms with Gasteiger partial charge < -0.3 is 9.88 Å². The van der Waals surface area contributed by atoms with Gasteiger partial charge in [0.05, 0.1) is 5.69 Å². The van der Waals surface area contributed by atoms with E-state index in [1.54, 1.807) is 20.0 Å². The SMILES string of the molecule is Cc1nc(C(C)(C)C)[nH]c(=O)c1C(=O)N(C)Cc1ccccc1Cl. The summed E-state index contributed by atoms with van der Waals surface area (Å²) in [7, 11) is 1.64. The van der Waals surface area contributed by atoms with Crippen LogP contribution in [0.25, 0.3) is 0 Å². The number of amides is 1. The fourth-order valence-corrected chi connectivity index (χ4v) is 2.53. The summed E-state index contributed by atoms with van der Waals surface area (Å²) in [6.07, 6.45) is 0. The van der Waals surface area contributed by atoms with Gasteiger partial charge in [-0.2, -0.15) is 0 Å². The van der Waals surface area contributed by atoms with Crippen molar-refractivity contribution >= 4 is 17.5 Å². The lowest BCUT2D eigenvalue weighted by molar-refractivity contribution is 0.0782. The van der Waals surface area contributed by atoms with Crippen molar-refractivity contribution < 1.29 is 4.79 Å². The van der Waals surface area contributed by atoms with Gasteiger partial charge in [0.15, 0.2) is 0 Å². The number of carbonyl (C=O) groups is 1. The van der Waals surface area contributed by atoms with Crippen LogP contribution in [0.1, 0.15) is 48.2 Å². The van der Waals surface area contributed by atoms with Gasteiger partial charge in [0.1, 0.15) is 11.4 Å². The first kappa shape index (κ1) is 18.2. The second-order valence-electron chi connectivity index (χ2n) is 6.88. The summed E-state index contributed by atoms with van der Waals surface area (Å²) in [5.41, 5.74) is 0.610. The van der Waals surface area contributed by atoms with E-state index in [0.29, 0.717) is 23.1 Å². The topological polar surface area (TPSA) is 66.1 Å². The highest BCUT2D eigenvalue weighted by molar-refractivity contribution is 6.31. The molecular formula is C18H22ClN3O2.